The van der Waals surface area contributed by atoms with E-state index in [1.807, 2.05) is 6.07 Å². The molecule has 0 spiro atoms. The monoisotopic (exact) mass is 264 g/mol. The van der Waals surface area contributed by atoms with Gasteiger partial charge in [0.05, 0.1) is 7.11 Å². The molecule has 0 bridgehead atoms. The first kappa shape index (κ1) is 14.1. The van der Waals surface area contributed by atoms with Crippen LogP contribution >= 0.6 is 0 Å². The van der Waals surface area contributed by atoms with E-state index < -0.39 is 0 Å². The number of methoxy groups -OCH3 is 1. The predicted molar refractivity (Wildman–Crippen MR) is 75.0 cm³/mol. The molecule has 0 aromatic carbocycles. The Kier molecular flexibility index (Phi) is 4.64. The van der Waals surface area contributed by atoms with Gasteiger partial charge in [0, 0.05) is 18.8 Å². The lowest BCUT2D eigenvalue weighted by molar-refractivity contribution is 0.0594. The van der Waals surface area contributed by atoms with Crippen LogP contribution in [0.2, 0.25) is 0 Å². The van der Waals surface area contributed by atoms with Crippen molar-refractivity contribution in [3.63, 3.8) is 0 Å². The summed E-state index contributed by atoms with van der Waals surface area (Å²) in [5.74, 6) is -0.313. The fraction of sp³-hybridized carbons (Fsp3) is 0.667. The zero-order valence-electron chi connectivity index (χ0n) is 11.9. The van der Waals surface area contributed by atoms with Gasteiger partial charge in [-0.1, -0.05) is 19.8 Å². The van der Waals surface area contributed by atoms with E-state index in [-0.39, 0.29) is 5.97 Å². The predicted octanol–water partition coefficient (Wildman–Crippen LogP) is 2.86. The van der Waals surface area contributed by atoms with Crippen molar-refractivity contribution in [2.75, 3.05) is 13.7 Å². The molecule has 0 aliphatic heterocycles. The summed E-state index contributed by atoms with van der Waals surface area (Å²) in [6, 6.07) is 3.71. The van der Waals surface area contributed by atoms with Crippen LogP contribution in [0.15, 0.2) is 12.1 Å². The van der Waals surface area contributed by atoms with Crippen LogP contribution in [0.3, 0.4) is 0 Å². The van der Waals surface area contributed by atoms with Gasteiger partial charge in [-0.15, -0.1) is 0 Å². The van der Waals surface area contributed by atoms with Gasteiger partial charge in [-0.25, -0.2) is 4.79 Å². The fourth-order valence-electron chi connectivity index (χ4n) is 3.02. The smallest absolute Gasteiger partial charge is 0.354 e. The van der Waals surface area contributed by atoms with Gasteiger partial charge in [-0.05, 0) is 36.8 Å². The number of hydrogen-bond donors (Lipinski definition) is 2. The molecule has 0 amide bonds. The van der Waals surface area contributed by atoms with E-state index in [2.05, 4.69) is 22.0 Å². The van der Waals surface area contributed by atoms with Crippen LogP contribution in [0.1, 0.15) is 55.2 Å². The maximum absolute atomic E-state index is 11.3. The normalized spacial score (nSPS) is 17.6. The van der Waals surface area contributed by atoms with E-state index in [1.165, 1.54) is 39.2 Å². The maximum Gasteiger partial charge on any atom is 0.354 e. The van der Waals surface area contributed by atoms with Crippen LogP contribution in [0.5, 0.6) is 0 Å². The van der Waals surface area contributed by atoms with Gasteiger partial charge < -0.3 is 15.0 Å². The first-order valence-electron chi connectivity index (χ1n) is 7.16. The Morgan fingerprint density at radius 2 is 2.16 bits per heavy atom. The zero-order valence-corrected chi connectivity index (χ0v) is 11.9. The van der Waals surface area contributed by atoms with E-state index in [0.717, 1.165) is 18.8 Å². The summed E-state index contributed by atoms with van der Waals surface area (Å²) >= 11 is 0. The molecule has 0 atom stereocenters. The van der Waals surface area contributed by atoms with Crippen molar-refractivity contribution in [2.45, 2.75) is 45.6 Å². The summed E-state index contributed by atoms with van der Waals surface area (Å²) < 4.78 is 4.68. The third-order valence-corrected chi connectivity index (χ3v) is 4.38. The van der Waals surface area contributed by atoms with Crippen LogP contribution in [0, 0.1) is 5.41 Å². The van der Waals surface area contributed by atoms with Gasteiger partial charge in [-0.2, -0.15) is 0 Å². The summed E-state index contributed by atoms with van der Waals surface area (Å²) in [7, 11) is 1.40. The topological polar surface area (TPSA) is 54.1 Å². The summed E-state index contributed by atoms with van der Waals surface area (Å²) in [4.78, 5) is 14.4. The number of esters is 1. The minimum atomic E-state index is -0.313. The molecule has 0 radical (unpaired) electrons. The fourth-order valence-corrected chi connectivity index (χ4v) is 3.02. The number of rotatable bonds is 6. The van der Waals surface area contributed by atoms with Crippen molar-refractivity contribution in [2.24, 2.45) is 5.41 Å². The average Bonchev–Trinajstić information content (AvgIpc) is 3.08. The minimum Gasteiger partial charge on any atom is -0.464 e. The second kappa shape index (κ2) is 6.24. The largest absolute Gasteiger partial charge is 0.464 e. The Morgan fingerprint density at radius 3 is 2.79 bits per heavy atom. The summed E-state index contributed by atoms with van der Waals surface area (Å²) in [6.45, 7) is 4.13. The maximum atomic E-state index is 11.3. The molecular formula is C15H24N2O2. The number of ether oxygens (including phenoxy) is 1. The first-order chi connectivity index (χ1) is 9.19. The van der Waals surface area contributed by atoms with Crippen LogP contribution in [-0.4, -0.2) is 24.6 Å². The number of aromatic nitrogens is 1. The number of carbonyl (C=O) groups excluding carboxylic acids is 1. The number of H-pyrrole nitrogens is 1. The summed E-state index contributed by atoms with van der Waals surface area (Å²) in [6.07, 6.45) is 6.66. The molecule has 106 valence electrons. The van der Waals surface area contributed by atoms with Crippen LogP contribution in [0.25, 0.3) is 0 Å². The molecule has 1 aliphatic carbocycles. The second-order valence-electron chi connectivity index (χ2n) is 5.55. The third-order valence-electron chi connectivity index (χ3n) is 4.38. The van der Waals surface area contributed by atoms with Gasteiger partial charge in [0.2, 0.25) is 0 Å². The second-order valence-corrected chi connectivity index (χ2v) is 5.55. The molecule has 1 fully saturated rings. The Morgan fingerprint density at radius 1 is 1.42 bits per heavy atom. The number of aromatic amines is 1. The van der Waals surface area contributed by atoms with Crippen LogP contribution in [0.4, 0.5) is 0 Å². The van der Waals surface area contributed by atoms with E-state index in [9.17, 15) is 4.79 Å². The lowest BCUT2D eigenvalue weighted by Crippen LogP contribution is -2.31. The van der Waals surface area contributed by atoms with Crippen molar-refractivity contribution < 1.29 is 9.53 Å². The Hall–Kier alpha value is -1.29. The Bertz CT molecular complexity index is 420. The van der Waals surface area contributed by atoms with E-state index >= 15 is 0 Å². The number of hydrogen-bond acceptors (Lipinski definition) is 3. The lowest BCUT2D eigenvalue weighted by Gasteiger charge is -2.27. The van der Waals surface area contributed by atoms with Gasteiger partial charge in [0.1, 0.15) is 5.69 Å². The highest BCUT2D eigenvalue weighted by Gasteiger charge is 2.31. The molecule has 4 heteroatoms. The van der Waals surface area contributed by atoms with Crippen molar-refractivity contribution in [1.82, 2.24) is 10.3 Å². The zero-order chi connectivity index (χ0) is 13.7. The minimum absolute atomic E-state index is 0.313. The molecule has 1 aliphatic rings. The molecule has 1 saturated carbocycles. The molecule has 1 heterocycles. The highest BCUT2D eigenvalue weighted by atomic mass is 16.5. The van der Waals surface area contributed by atoms with Gasteiger partial charge in [-0.3, -0.25) is 0 Å². The van der Waals surface area contributed by atoms with E-state index in [1.54, 1.807) is 6.07 Å². The van der Waals surface area contributed by atoms with E-state index in [0.29, 0.717) is 11.1 Å². The average molecular weight is 264 g/mol. The number of carbonyl (C=O) groups is 1. The standard InChI is InChI=1S/C15H24N2O2/c1-3-15(8-4-5-9-15)11-16-10-12-6-7-13(17-12)14(18)19-2/h6-7,16-17H,3-5,8-11H2,1-2H3. The van der Waals surface area contributed by atoms with Gasteiger partial charge in [0.25, 0.3) is 0 Å². The molecular weight excluding hydrogens is 240 g/mol. The first-order valence-corrected chi connectivity index (χ1v) is 7.16. The molecule has 2 rings (SSSR count). The van der Waals surface area contributed by atoms with Crippen molar-refractivity contribution in [1.29, 1.82) is 0 Å². The van der Waals surface area contributed by atoms with Crippen LogP contribution < -0.4 is 5.32 Å². The summed E-state index contributed by atoms with van der Waals surface area (Å²) in [5, 5.41) is 3.52. The van der Waals surface area contributed by atoms with Crippen molar-refractivity contribution in [3.05, 3.63) is 23.5 Å². The molecule has 0 unspecified atom stereocenters. The highest BCUT2D eigenvalue weighted by Crippen LogP contribution is 2.40. The quantitative estimate of drug-likeness (QED) is 0.777. The molecule has 19 heavy (non-hydrogen) atoms. The molecule has 1 aromatic heterocycles. The van der Waals surface area contributed by atoms with Crippen molar-refractivity contribution in [3.8, 4) is 0 Å². The number of nitrogens with one attached hydrogen (secondary N) is 2. The Labute approximate surface area is 114 Å². The van der Waals surface area contributed by atoms with Crippen molar-refractivity contribution >= 4 is 5.97 Å². The molecule has 1 aromatic rings. The molecule has 0 saturated heterocycles. The third kappa shape index (κ3) is 3.38. The van der Waals surface area contributed by atoms with E-state index in [4.69, 9.17) is 0 Å². The SMILES string of the molecule is CCC1(CNCc2ccc(C(=O)OC)[nH]2)CCCC1. The molecule has 4 nitrogen and oxygen atoms in total. The lowest BCUT2D eigenvalue weighted by atomic mass is 9.83. The summed E-state index contributed by atoms with van der Waals surface area (Å²) in [5.41, 5.74) is 2.05. The van der Waals surface area contributed by atoms with Crippen LogP contribution in [-0.2, 0) is 11.3 Å². The van der Waals surface area contributed by atoms with Gasteiger partial charge in [0.15, 0.2) is 0 Å². The molecule has 2 N–H and O–H groups in total. The highest BCUT2D eigenvalue weighted by molar-refractivity contribution is 5.87. The Balaban J connectivity index is 1.82. The van der Waals surface area contributed by atoms with Gasteiger partial charge >= 0.3 is 5.97 Å².